The first-order chi connectivity index (χ1) is 14.8. The zero-order chi connectivity index (χ0) is 22.0. The van der Waals surface area contributed by atoms with Crippen LogP contribution in [0.1, 0.15) is 24.0 Å². The molecule has 2 saturated heterocycles. The van der Waals surface area contributed by atoms with Crippen LogP contribution in [-0.2, 0) is 22.3 Å². The van der Waals surface area contributed by atoms with Crippen LogP contribution in [0, 0.1) is 5.92 Å². The first-order valence-corrected chi connectivity index (χ1v) is 11.1. The molecular weight excluding hydrogens is 429 g/mol. The molecule has 3 heterocycles. The Hall–Kier alpha value is -2.62. The van der Waals surface area contributed by atoms with Crippen molar-refractivity contribution < 1.29 is 22.8 Å². The quantitative estimate of drug-likeness (QED) is 0.715. The molecule has 6 nitrogen and oxygen atoms in total. The Kier molecular flexibility index (Phi) is 6.17. The average molecular weight is 453 g/mol. The number of hydrogen-bond donors (Lipinski definition) is 0. The Bertz CT molecular complexity index is 935. The van der Waals surface area contributed by atoms with Gasteiger partial charge < -0.3 is 14.7 Å². The Balaban J connectivity index is 1.36. The number of benzene rings is 1. The standard InChI is InChI=1S/C21H23F3N4O2S/c22-21(23,24)17-4-1-3-15(11-17)13-28-14-16(12-18(28)29)19(30)26-6-2-7-27(9-8-26)20-25-5-10-31-20/h1,3-5,10-11,16H,2,6-9,12-14H2. The highest BCUT2D eigenvalue weighted by molar-refractivity contribution is 7.13. The van der Waals surface area contributed by atoms with Gasteiger partial charge in [-0.3, -0.25) is 9.59 Å². The van der Waals surface area contributed by atoms with E-state index in [1.165, 1.54) is 11.0 Å². The van der Waals surface area contributed by atoms with Gasteiger partial charge >= 0.3 is 6.18 Å². The smallest absolute Gasteiger partial charge is 0.346 e. The summed E-state index contributed by atoms with van der Waals surface area (Å²) in [6, 6.07) is 4.98. The predicted molar refractivity (Wildman–Crippen MR) is 110 cm³/mol. The van der Waals surface area contributed by atoms with E-state index in [-0.39, 0.29) is 31.3 Å². The summed E-state index contributed by atoms with van der Waals surface area (Å²) in [6.07, 6.45) is -1.75. The molecule has 4 rings (SSSR count). The van der Waals surface area contributed by atoms with Crippen molar-refractivity contribution in [2.45, 2.75) is 25.6 Å². The summed E-state index contributed by atoms with van der Waals surface area (Å²) in [5, 5.41) is 2.87. The van der Waals surface area contributed by atoms with Crippen molar-refractivity contribution in [3.63, 3.8) is 0 Å². The zero-order valence-electron chi connectivity index (χ0n) is 16.8. The number of likely N-dealkylation sites (tertiary alicyclic amines) is 1. The molecular formula is C21H23F3N4O2S. The van der Waals surface area contributed by atoms with Gasteiger partial charge in [0.2, 0.25) is 11.8 Å². The van der Waals surface area contributed by atoms with E-state index in [0.717, 1.165) is 30.2 Å². The molecule has 31 heavy (non-hydrogen) atoms. The van der Waals surface area contributed by atoms with Crippen molar-refractivity contribution in [3.8, 4) is 0 Å². The lowest BCUT2D eigenvalue weighted by atomic mass is 10.1. The summed E-state index contributed by atoms with van der Waals surface area (Å²) in [5.41, 5.74) is -0.330. The number of rotatable bonds is 4. The van der Waals surface area contributed by atoms with Crippen molar-refractivity contribution in [3.05, 3.63) is 47.0 Å². The van der Waals surface area contributed by atoms with Crippen LogP contribution in [-0.4, -0.2) is 59.3 Å². The summed E-state index contributed by atoms with van der Waals surface area (Å²) in [6.45, 7) is 3.01. The van der Waals surface area contributed by atoms with Gasteiger partial charge in [-0.1, -0.05) is 12.1 Å². The van der Waals surface area contributed by atoms with Crippen LogP contribution in [0.4, 0.5) is 18.3 Å². The Morgan fingerprint density at radius 1 is 1.19 bits per heavy atom. The second kappa shape index (κ2) is 8.86. The molecule has 0 N–H and O–H groups in total. The Morgan fingerprint density at radius 2 is 2.03 bits per heavy atom. The molecule has 10 heteroatoms. The lowest BCUT2D eigenvalue weighted by Gasteiger charge is -2.24. The number of amides is 2. The van der Waals surface area contributed by atoms with Crippen LogP contribution in [0.3, 0.4) is 0 Å². The minimum Gasteiger partial charge on any atom is -0.346 e. The molecule has 0 bridgehead atoms. The topological polar surface area (TPSA) is 56.8 Å². The van der Waals surface area contributed by atoms with E-state index in [1.807, 2.05) is 5.38 Å². The SMILES string of the molecule is O=C1CC(C(=O)N2CCCN(c3nccs3)CC2)CN1Cc1cccc(C(F)(F)F)c1. The molecule has 0 saturated carbocycles. The minimum atomic E-state index is -4.43. The molecule has 2 aliphatic heterocycles. The molecule has 1 aromatic heterocycles. The molecule has 1 unspecified atom stereocenters. The second-order valence-corrected chi connectivity index (χ2v) is 8.73. The zero-order valence-corrected chi connectivity index (χ0v) is 17.7. The molecule has 1 atom stereocenters. The van der Waals surface area contributed by atoms with Crippen molar-refractivity contribution >= 4 is 28.3 Å². The largest absolute Gasteiger partial charge is 0.416 e. The van der Waals surface area contributed by atoms with Crippen molar-refractivity contribution in [2.75, 3.05) is 37.6 Å². The highest BCUT2D eigenvalue weighted by atomic mass is 32.1. The maximum absolute atomic E-state index is 13.0. The summed E-state index contributed by atoms with van der Waals surface area (Å²) in [5.74, 6) is -0.708. The number of hydrogen-bond acceptors (Lipinski definition) is 5. The second-order valence-electron chi connectivity index (χ2n) is 7.85. The number of aromatic nitrogens is 1. The van der Waals surface area contributed by atoms with Gasteiger partial charge in [0.1, 0.15) is 0 Å². The van der Waals surface area contributed by atoms with Gasteiger partial charge in [0.15, 0.2) is 5.13 Å². The lowest BCUT2D eigenvalue weighted by Crippen LogP contribution is -2.40. The highest BCUT2D eigenvalue weighted by Gasteiger charge is 2.37. The Labute approximate surface area is 182 Å². The van der Waals surface area contributed by atoms with Gasteiger partial charge in [0.05, 0.1) is 11.5 Å². The van der Waals surface area contributed by atoms with Crippen LogP contribution in [0.5, 0.6) is 0 Å². The number of thiazole rings is 1. The molecule has 0 radical (unpaired) electrons. The van der Waals surface area contributed by atoms with Gasteiger partial charge in [0.25, 0.3) is 0 Å². The molecule has 1 aromatic carbocycles. The van der Waals surface area contributed by atoms with E-state index < -0.39 is 17.7 Å². The third-order valence-corrected chi connectivity index (χ3v) is 6.52. The highest BCUT2D eigenvalue weighted by Crippen LogP contribution is 2.30. The van der Waals surface area contributed by atoms with Crippen LogP contribution in [0.25, 0.3) is 0 Å². The van der Waals surface area contributed by atoms with Gasteiger partial charge in [-0.15, -0.1) is 11.3 Å². The normalized spacial score (nSPS) is 20.3. The lowest BCUT2D eigenvalue weighted by molar-refractivity contribution is -0.137. The maximum atomic E-state index is 13.0. The molecule has 0 aliphatic carbocycles. The molecule has 166 valence electrons. The average Bonchev–Trinajstić information content (AvgIpc) is 3.32. The van der Waals surface area contributed by atoms with Gasteiger partial charge in [-0.25, -0.2) is 4.98 Å². The van der Waals surface area contributed by atoms with Crippen molar-refractivity contribution in [2.24, 2.45) is 5.92 Å². The van der Waals surface area contributed by atoms with Crippen molar-refractivity contribution in [1.29, 1.82) is 0 Å². The van der Waals surface area contributed by atoms with E-state index >= 15 is 0 Å². The number of carbonyl (C=O) groups excluding carboxylic acids is 2. The molecule has 2 amide bonds. The van der Waals surface area contributed by atoms with E-state index in [0.29, 0.717) is 25.2 Å². The molecule has 2 fully saturated rings. The molecule has 2 aliphatic rings. The third-order valence-electron chi connectivity index (χ3n) is 5.69. The van der Waals surface area contributed by atoms with Crippen LogP contribution in [0.2, 0.25) is 0 Å². The fourth-order valence-corrected chi connectivity index (χ4v) is 4.81. The summed E-state index contributed by atoms with van der Waals surface area (Å²) < 4.78 is 38.8. The third kappa shape index (κ3) is 5.00. The first kappa shape index (κ1) is 21.6. The molecule has 0 spiro atoms. The van der Waals surface area contributed by atoms with Crippen LogP contribution < -0.4 is 4.90 Å². The van der Waals surface area contributed by atoms with Crippen LogP contribution >= 0.6 is 11.3 Å². The fraction of sp³-hybridized carbons (Fsp3) is 0.476. The summed E-state index contributed by atoms with van der Waals surface area (Å²) in [7, 11) is 0. The van der Waals surface area contributed by atoms with Crippen molar-refractivity contribution in [1.82, 2.24) is 14.8 Å². The summed E-state index contributed by atoms with van der Waals surface area (Å²) >= 11 is 1.57. The van der Waals surface area contributed by atoms with E-state index in [4.69, 9.17) is 0 Å². The van der Waals surface area contributed by atoms with Crippen LogP contribution in [0.15, 0.2) is 35.8 Å². The first-order valence-electron chi connectivity index (χ1n) is 10.2. The fourth-order valence-electron chi connectivity index (χ4n) is 4.12. The number of alkyl halides is 3. The maximum Gasteiger partial charge on any atom is 0.416 e. The van der Waals surface area contributed by atoms with E-state index in [9.17, 15) is 22.8 Å². The van der Waals surface area contributed by atoms with Gasteiger partial charge in [0, 0.05) is 57.3 Å². The number of halogens is 3. The minimum absolute atomic E-state index is 0.0547. The van der Waals surface area contributed by atoms with Gasteiger partial charge in [-0.2, -0.15) is 13.2 Å². The monoisotopic (exact) mass is 452 g/mol. The Morgan fingerprint density at radius 3 is 2.77 bits per heavy atom. The molecule has 2 aromatic rings. The van der Waals surface area contributed by atoms with Gasteiger partial charge in [-0.05, 0) is 24.1 Å². The number of carbonyl (C=O) groups is 2. The van der Waals surface area contributed by atoms with E-state index in [1.54, 1.807) is 28.5 Å². The summed E-state index contributed by atoms with van der Waals surface area (Å²) in [4.78, 5) is 35.3. The number of nitrogens with zero attached hydrogens (tertiary/aromatic N) is 4. The van der Waals surface area contributed by atoms with E-state index in [2.05, 4.69) is 9.88 Å². The number of anilines is 1. The predicted octanol–water partition coefficient (Wildman–Crippen LogP) is 3.25.